The summed E-state index contributed by atoms with van der Waals surface area (Å²) in [5.41, 5.74) is -1.84. The Morgan fingerprint density at radius 3 is 2.17 bits per heavy atom. The Kier molecular flexibility index (Phi) is 1.67. The van der Waals surface area contributed by atoms with Gasteiger partial charge in [-0.2, -0.15) is 0 Å². The van der Waals surface area contributed by atoms with Crippen LogP contribution in [0.1, 0.15) is 19.4 Å². The normalized spacial score (nSPS) is 11.8. The third kappa shape index (κ3) is 0.897. The Morgan fingerprint density at radius 2 is 1.83 bits per heavy atom. The fourth-order valence-electron chi connectivity index (χ4n) is 1.08. The molecule has 3 heteroatoms. The molecule has 0 spiro atoms. The Labute approximate surface area is 69.7 Å². The van der Waals surface area contributed by atoms with Gasteiger partial charge in [0.05, 0.1) is 5.56 Å². The summed E-state index contributed by atoms with van der Waals surface area (Å²) in [4.78, 5) is 21.6. The van der Waals surface area contributed by atoms with Gasteiger partial charge in [0.25, 0.3) is 5.43 Å². The summed E-state index contributed by atoms with van der Waals surface area (Å²) in [6, 6.07) is 0. The molecular weight excluding hydrogens is 156 g/mol. The van der Waals surface area contributed by atoms with E-state index in [9.17, 15) is 9.59 Å². The summed E-state index contributed by atoms with van der Waals surface area (Å²) in [5.74, 6) is -0.412. The predicted octanol–water partition coefficient (Wildman–Crippen LogP) is 0.452. The van der Waals surface area contributed by atoms with Gasteiger partial charge in [0.2, 0.25) is 5.43 Å². The van der Waals surface area contributed by atoms with Crippen LogP contribution in [0.3, 0.4) is 0 Å². The van der Waals surface area contributed by atoms with Gasteiger partial charge in [0.15, 0.2) is 5.75 Å². The third-order valence-corrected chi connectivity index (χ3v) is 2.04. The van der Waals surface area contributed by atoms with Crippen molar-refractivity contribution in [2.24, 2.45) is 0 Å². The van der Waals surface area contributed by atoms with Gasteiger partial charge in [-0.05, 0) is 0 Å². The van der Waals surface area contributed by atoms with Gasteiger partial charge < -0.3 is 5.11 Å². The SMILES string of the molecule is C=CC(C)(C)c1c(O)c(=O)c1=O. The van der Waals surface area contributed by atoms with E-state index in [4.69, 9.17) is 5.11 Å². The minimum Gasteiger partial charge on any atom is -0.504 e. The molecule has 0 aliphatic rings. The van der Waals surface area contributed by atoms with Crippen LogP contribution in [0.15, 0.2) is 22.2 Å². The highest BCUT2D eigenvalue weighted by Crippen LogP contribution is 2.27. The van der Waals surface area contributed by atoms with Gasteiger partial charge >= 0.3 is 0 Å². The summed E-state index contributed by atoms with van der Waals surface area (Å²) in [6.45, 7) is 6.96. The lowest BCUT2D eigenvalue weighted by molar-refractivity contribution is 0.438. The molecule has 0 aromatic heterocycles. The number of hydrogen-bond acceptors (Lipinski definition) is 3. The Bertz CT molecular complexity index is 392. The van der Waals surface area contributed by atoms with E-state index in [0.717, 1.165) is 0 Å². The van der Waals surface area contributed by atoms with E-state index in [1.54, 1.807) is 13.8 Å². The first-order valence-corrected chi connectivity index (χ1v) is 3.58. The molecule has 1 aromatic carbocycles. The van der Waals surface area contributed by atoms with Crippen LogP contribution in [-0.2, 0) is 5.41 Å². The molecule has 0 radical (unpaired) electrons. The average molecular weight is 166 g/mol. The van der Waals surface area contributed by atoms with Gasteiger partial charge in [0, 0.05) is 5.41 Å². The number of aromatic hydroxyl groups is 1. The van der Waals surface area contributed by atoms with Crippen LogP contribution in [-0.4, -0.2) is 5.11 Å². The van der Waals surface area contributed by atoms with Crippen LogP contribution in [0.25, 0.3) is 0 Å². The maximum absolute atomic E-state index is 11.0. The molecule has 0 aliphatic carbocycles. The molecule has 0 unspecified atom stereocenters. The fourth-order valence-corrected chi connectivity index (χ4v) is 1.08. The second-order valence-electron chi connectivity index (χ2n) is 3.31. The molecule has 3 nitrogen and oxygen atoms in total. The zero-order valence-corrected chi connectivity index (χ0v) is 7.05. The van der Waals surface area contributed by atoms with E-state index in [2.05, 4.69) is 6.58 Å². The second-order valence-corrected chi connectivity index (χ2v) is 3.31. The maximum atomic E-state index is 11.0. The number of hydrogen-bond donors (Lipinski definition) is 1. The van der Waals surface area contributed by atoms with Crippen molar-refractivity contribution in [2.45, 2.75) is 19.3 Å². The smallest absolute Gasteiger partial charge is 0.268 e. The summed E-state index contributed by atoms with van der Waals surface area (Å²) >= 11 is 0. The van der Waals surface area contributed by atoms with Crippen molar-refractivity contribution < 1.29 is 5.11 Å². The van der Waals surface area contributed by atoms with Crippen molar-refractivity contribution in [2.75, 3.05) is 0 Å². The minimum atomic E-state index is -0.792. The highest BCUT2D eigenvalue weighted by molar-refractivity contribution is 5.45. The lowest BCUT2D eigenvalue weighted by Crippen LogP contribution is -2.40. The van der Waals surface area contributed by atoms with Crippen molar-refractivity contribution >= 4 is 0 Å². The van der Waals surface area contributed by atoms with Gasteiger partial charge in [-0.3, -0.25) is 9.59 Å². The molecule has 1 N–H and O–H groups in total. The van der Waals surface area contributed by atoms with Crippen molar-refractivity contribution in [3.63, 3.8) is 0 Å². The molecular formula is C9H10O3. The molecule has 0 amide bonds. The minimum absolute atomic E-state index is 0.169. The van der Waals surface area contributed by atoms with E-state index in [1.807, 2.05) is 0 Å². The second kappa shape index (κ2) is 2.30. The molecule has 0 saturated heterocycles. The summed E-state index contributed by atoms with van der Waals surface area (Å²) in [7, 11) is 0. The molecule has 1 rings (SSSR count). The molecule has 0 saturated carbocycles. The van der Waals surface area contributed by atoms with Crippen molar-refractivity contribution in [1.82, 2.24) is 0 Å². The molecule has 12 heavy (non-hydrogen) atoms. The van der Waals surface area contributed by atoms with Gasteiger partial charge in [0.1, 0.15) is 0 Å². The van der Waals surface area contributed by atoms with Crippen molar-refractivity contribution in [1.29, 1.82) is 0 Å². The lowest BCUT2D eigenvalue weighted by Gasteiger charge is -2.21. The quantitative estimate of drug-likeness (QED) is 0.512. The molecule has 1 aromatic rings. The van der Waals surface area contributed by atoms with E-state index in [1.165, 1.54) is 6.08 Å². The molecule has 0 atom stereocenters. The van der Waals surface area contributed by atoms with Crippen LogP contribution in [0.2, 0.25) is 0 Å². The van der Waals surface area contributed by atoms with Gasteiger partial charge in [-0.25, -0.2) is 0 Å². The van der Waals surface area contributed by atoms with Gasteiger partial charge in [-0.1, -0.05) is 19.9 Å². The maximum Gasteiger partial charge on any atom is 0.268 e. The average Bonchev–Trinajstić information content (AvgIpc) is 2.04. The molecule has 0 heterocycles. The highest BCUT2D eigenvalue weighted by atomic mass is 16.3. The lowest BCUT2D eigenvalue weighted by atomic mass is 9.81. The molecule has 0 fully saturated rings. The Morgan fingerprint density at radius 1 is 1.33 bits per heavy atom. The largest absolute Gasteiger partial charge is 0.504 e. The van der Waals surface area contributed by atoms with Crippen molar-refractivity contribution in [3.05, 3.63) is 38.7 Å². The summed E-state index contributed by atoms with van der Waals surface area (Å²) < 4.78 is 0. The van der Waals surface area contributed by atoms with Crippen LogP contribution < -0.4 is 10.9 Å². The van der Waals surface area contributed by atoms with Crippen LogP contribution in [0.5, 0.6) is 5.75 Å². The van der Waals surface area contributed by atoms with Crippen LogP contribution in [0.4, 0.5) is 0 Å². The highest BCUT2D eigenvalue weighted by Gasteiger charge is 2.31. The van der Waals surface area contributed by atoms with E-state index < -0.39 is 22.0 Å². The molecule has 64 valence electrons. The van der Waals surface area contributed by atoms with E-state index in [-0.39, 0.29) is 5.56 Å². The third-order valence-electron chi connectivity index (χ3n) is 2.04. The monoisotopic (exact) mass is 166 g/mol. The first-order chi connectivity index (χ1) is 5.41. The fraction of sp³-hybridized carbons (Fsp3) is 0.333. The summed E-state index contributed by atoms with van der Waals surface area (Å²) in [5, 5.41) is 9.07. The Balaban J connectivity index is 3.33. The van der Waals surface area contributed by atoms with Gasteiger partial charge in [-0.15, -0.1) is 6.58 Å². The van der Waals surface area contributed by atoms with E-state index >= 15 is 0 Å². The first-order valence-electron chi connectivity index (χ1n) is 3.58. The van der Waals surface area contributed by atoms with Crippen molar-refractivity contribution in [3.8, 4) is 5.75 Å². The van der Waals surface area contributed by atoms with Crippen LogP contribution in [0, 0.1) is 0 Å². The predicted molar refractivity (Wildman–Crippen MR) is 46.2 cm³/mol. The van der Waals surface area contributed by atoms with Crippen LogP contribution >= 0.6 is 0 Å². The summed E-state index contributed by atoms with van der Waals surface area (Å²) in [6.07, 6.45) is 1.53. The molecule has 0 bridgehead atoms. The molecule has 0 aliphatic heterocycles. The number of allylic oxidation sites excluding steroid dienone is 1. The standard InChI is InChI=1S/C9H10O3/c1-4-9(2,3)5-6(10)8(12)7(5)11/h4,10H,1H2,2-3H3. The zero-order valence-electron chi connectivity index (χ0n) is 7.05. The van der Waals surface area contributed by atoms with E-state index in [0.29, 0.717) is 0 Å². The Hall–Kier alpha value is -1.38. The topological polar surface area (TPSA) is 54.4 Å². The zero-order chi connectivity index (χ0) is 9.52. The first kappa shape index (κ1) is 8.71. The number of rotatable bonds is 2.